The molecule has 0 spiro atoms. The van der Waals surface area contributed by atoms with E-state index >= 15 is 0 Å². The molecule has 23 heavy (non-hydrogen) atoms. The highest BCUT2D eigenvalue weighted by molar-refractivity contribution is 7.99. The molecule has 6 heteroatoms. The zero-order valence-corrected chi connectivity index (χ0v) is 15.7. The van der Waals surface area contributed by atoms with Gasteiger partial charge in [-0.2, -0.15) is 0 Å². The van der Waals surface area contributed by atoms with E-state index in [1.54, 1.807) is 0 Å². The van der Waals surface area contributed by atoms with E-state index in [2.05, 4.69) is 22.8 Å². The van der Waals surface area contributed by atoms with E-state index in [4.69, 9.17) is 16.3 Å². The van der Waals surface area contributed by atoms with Crippen molar-refractivity contribution in [1.29, 1.82) is 0 Å². The van der Waals surface area contributed by atoms with Gasteiger partial charge in [0.05, 0.1) is 13.2 Å². The zero-order chi connectivity index (χ0) is 15.2. The normalized spacial score (nSPS) is 27.6. The fourth-order valence-electron chi connectivity index (χ4n) is 3.53. The first-order valence-corrected chi connectivity index (χ1v) is 9.62. The molecule has 0 amide bonds. The Labute approximate surface area is 154 Å². The molecule has 2 fully saturated rings. The largest absolute Gasteiger partial charge is 0.379 e. The van der Waals surface area contributed by atoms with Gasteiger partial charge in [0, 0.05) is 40.8 Å². The zero-order valence-electron chi connectivity index (χ0n) is 13.3. The smallest absolute Gasteiger partial charge is 0.0623 e. The third kappa shape index (κ3) is 5.80. The predicted octanol–water partition coefficient (Wildman–Crippen LogP) is 3.60. The minimum atomic E-state index is 0. The summed E-state index contributed by atoms with van der Waals surface area (Å²) in [5.74, 6) is 1.82. The Morgan fingerprint density at radius 1 is 1.26 bits per heavy atom. The van der Waals surface area contributed by atoms with E-state index in [1.165, 1.54) is 24.2 Å². The standard InChI is InChI=1S/C17H25ClN2OS.ClH/c18-13-4-6-14(7-5-13)22-11-9-20-16-3-1-2-15(16)17-12-21-10-8-19-17;/h4-7,15-17,19-20H,1-3,8-12H2;1H. The minimum absolute atomic E-state index is 0. The summed E-state index contributed by atoms with van der Waals surface area (Å²) < 4.78 is 5.63. The van der Waals surface area contributed by atoms with Crippen molar-refractivity contribution in [2.75, 3.05) is 32.1 Å². The average Bonchev–Trinajstić information content (AvgIpc) is 3.02. The lowest BCUT2D eigenvalue weighted by atomic mass is 9.94. The Bertz CT molecular complexity index is 454. The Hall–Kier alpha value is 0.0300. The molecule has 3 unspecified atom stereocenters. The summed E-state index contributed by atoms with van der Waals surface area (Å²) in [4.78, 5) is 1.29. The van der Waals surface area contributed by atoms with E-state index in [0.29, 0.717) is 12.1 Å². The van der Waals surface area contributed by atoms with Gasteiger partial charge in [-0.05, 0) is 43.0 Å². The van der Waals surface area contributed by atoms with Crippen LogP contribution in [0.5, 0.6) is 0 Å². The molecule has 1 heterocycles. The monoisotopic (exact) mass is 376 g/mol. The van der Waals surface area contributed by atoms with Crippen LogP contribution in [-0.2, 0) is 4.74 Å². The fourth-order valence-corrected chi connectivity index (χ4v) is 4.44. The molecule has 1 saturated carbocycles. The highest BCUT2D eigenvalue weighted by atomic mass is 35.5. The van der Waals surface area contributed by atoms with E-state index < -0.39 is 0 Å². The van der Waals surface area contributed by atoms with Crippen molar-refractivity contribution in [1.82, 2.24) is 10.6 Å². The Morgan fingerprint density at radius 3 is 2.83 bits per heavy atom. The second-order valence-corrected chi connectivity index (χ2v) is 7.70. The van der Waals surface area contributed by atoms with Crippen LogP contribution in [-0.4, -0.2) is 44.1 Å². The van der Waals surface area contributed by atoms with E-state index in [-0.39, 0.29) is 12.4 Å². The van der Waals surface area contributed by atoms with Gasteiger partial charge >= 0.3 is 0 Å². The summed E-state index contributed by atoms with van der Waals surface area (Å²) in [6.45, 7) is 3.80. The van der Waals surface area contributed by atoms with Crippen LogP contribution >= 0.6 is 35.8 Å². The molecule has 1 aromatic rings. The first-order valence-electron chi connectivity index (χ1n) is 8.26. The summed E-state index contributed by atoms with van der Waals surface area (Å²) in [5.41, 5.74) is 0. The molecule has 0 bridgehead atoms. The van der Waals surface area contributed by atoms with Gasteiger partial charge in [-0.25, -0.2) is 0 Å². The Kier molecular flexibility index (Phi) is 8.52. The number of hydrogen-bond donors (Lipinski definition) is 2. The molecule has 3 rings (SSSR count). The lowest BCUT2D eigenvalue weighted by molar-refractivity contribution is 0.0527. The first-order chi connectivity index (χ1) is 10.8. The molecule has 3 atom stereocenters. The van der Waals surface area contributed by atoms with Gasteiger partial charge in [0.2, 0.25) is 0 Å². The van der Waals surface area contributed by atoms with Gasteiger partial charge in [0.15, 0.2) is 0 Å². The molecular weight excluding hydrogens is 351 g/mol. The van der Waals surface area contributed by atoms with Gasteiger partial charge in [-0.15, -0.1) is 24.2 Å². The molecule has 2 N–H and O–H groups in total. The summed E-state index contributed by atoms with van der Waals surface area (Å²) in [6.07, 6.45) is 3.96. The highest BCUT2D eigenvalue weighted by Gasteiger charge is 2.34. The number of nitrogens with one attached hydrogen (secondary N) is 2. The molecule has 1 aliphatic heterocycles. The predicted molar refractivity (Wildman–Crippen MR) is 101 cm³/mol. The minimum Gasteiger partial charge on any atom is -0.379 e. The molecule has 0 radical (unpaired) electrons. The van der Waals surface area contributed by atoms with Crippen LogP contribution in [0.2, 0.25) is 5.02 Å². The highest BCUT2D eigenvalue weighted by Crippen LogP contribution is 2.29. The molecule has 3 nitrogen and oxygen atoms in total. The second kappa shape index (κ2) is 10.1. The molecule has 2 aliphatic rings. The number of rotatable bonds is 6. The van der Waals surface area contributed by atoms with Gasteiger partial charge in [-0.1, -0.05) is 18.0 Å². The number of morpholine rings is 1. The lowest BCUT2D eigenvalue weighted by Gasteiger charge is -2.33. The van der Waals surface area contributed by atoms with Crippen molar-refractivity contribution < 1.29 is 4.74 Å². The van der Waals surface area contributed by atoms with Crippen molar-refractivity contribution in [3.8, 4) is 0 Å². The van der Waals surface area contributed by atoms with Crippen molar-refractivity contribution in [3.63, 3.8) is 0 Å². The van der Waals surface area contributed by atoms with Crippen LogP contribution in [0, 0.1) is 5.92 Å². The van der Waals surface area contributed by atoms with Crippen LogP contribution in [0.15, 0.2) is 29.2 Å². The van der Waals surface area contributed by atoms with Crippen molar-refractivity contribution in [2.24, 2.45) is 5.92 Å². The summed E-state index contributed by atoms with van der Waals surface area (Å²) in [5, 5.41) is 8.20. The Balaban J connectivity index is 0.00000192. The van der Waals surface area contributed by atoms with Crippen LogP contribution in [0.3, 0.4) is 0 Å². The van der Waals surface area contributed by atoms with Crippen molar-refractivity contribution >= 4 is 35.8 Å². The lowest BCUT2D eigenvalue weighted by Crippen LogP contribution is -2.51. The molecule has 1 aromatic carbocycles. The molecule has 1 aliphatic carbocycles. The van der Waals surface area contributed by atoms with E-state index in [1.807, 2.05) is 23.9 Å². The third-order valence-corrected chi connectivity index (χ3v) is 5.89. The first kappa shape index (κ1) is 19.4. The van der Waals surface area contributed by atoms with Crippen LogP contribution in [0.25, 0.3) is 0 Å². The van der Waals surface area contributed by atoms with Crippen LogP contribution in [0.1, 0.15) is 19.3 Å². The third-order valence-electron chi connectivity index (χ3n) is 4.63. The van der Waals surface area contributed by atoms with E-state index in [9.17, 15) is 0 Å². The van der Waals surface area contributed by atoms with Gasteiger partial charge in [-0.3, -0.25) is 0 Å². The molecule has 0 aromatic heterocycles. The van der Waals surface area contributed by atoms with Gasteiger partial charge in [0.1, 0.15) is 0 Å². The number of halogens is 2. The number of benzene rings is 1. The Morgan fingerprint density at radius 2 is 2.09 bits per heavy atom. The maximum Gasteiger partial charge on any atom is 0.0623 e. The number of ether oxygens (including phenoxy) is 1. The SMILES string of the molecule is Cl.Clc1ccc(SCCNC2CCCC2C2COCCN2)cc1. The molecule has 1 saturated heterocycles. The maximum atomic E-state index is 5.91. The van der Waals surface area contributed by atoms with E-state index in [0.717, 1.165) is 43.0 Å². The molecule has 130 valence electrons. The topological polar surface area (TPSA) is 33.3 Å². The van der Waals surface area contributed by atoms with Crippen molar-refractivity contribution in [3.05, 3.63) is 29.3 Å². The quantitative estimate of drug-likeness (QED) is 0.586. The second-order valence-electron chi connectivity index (χ2n) is 6.09. The number of hydrogen-bond acceptors (Lipinski definition) is 4. The summed E-state index contributed by atoms with van der Waals surface area (Å²) in [7, 11) is 0. The summed E-state index contributed by atoms with van der Waals surface area (Å²) in [6, 6.07) is 9.28. The van der Waals surface area contributed by atoms with Crippen LogP contribution in [0.4, 0.5) is 0 Å². The average molecular weight is 377 g/mol. The maximum absolute atomic E-state index is 5.91. The van der Waals surface area contributed by atoms with Gasteiger partial charge in [0.25, 0.3) is 0 Å². The van der Waals surface area contributed by atoms with Crippen LogP contribution < -0.4 is 10.6 Å². The summed E-state index contributed by atoms with van der Waals surface area (Å²) >= 11 is 7.80. The molecular formula is C17H26Cl2N2OS. The number of thioether (sulfide) groups is 1. The van der Waals surface area contributed by atoms with Gasteiger partial charge < -0.3 is 15.4 Å². The van der Waals surface area contributed by atoms with Crippen molar-refractivity contribution in [2.45, 2.75) is 36.2 Å². The fraction of sp³-hybridized carbons (Fsp3) is 0.647.